The fourth-order valence-electron chi connectivity index (χ4n) is 2.67. The minimum absolute atomic E-state index is 0. The fraction of sp³-hybridized carbons (Fsp3) is 0.500. The van der Waals surface area contributed by atoms with Gasteiger partial charge in [-0.05, 0) is 11.6 Å². The third kappa shape index (κ3) is 2.88. The van der Waals surface area contributed by atoms with Gasteiger partial charge in [0.25, 0.3) is 7.82 Å². The van der Waals surface area contributed by atoms with Gasteiger partial charge in [-0.2, -0.15) is 0 Å². The first-order valence-electron chi connectivity index (χ1n) is 6.49. The zero-order valence-corrected chi connectivity index (χ0v) is 15.9. The third-order valence-corrected chi connectivity index (χ3v) is 4.91. The van der Waals surface area contributed by atoms with Crippen molar-refractivity contribution in [2.24, 2.45) is 0 Å². The van der Waals surface area contributed by atoms with E-state index in [4.69, 9.17) is 26.6 Å². The summed E-state index contributed by atoms with van der Waals surface area (Å²) in [5, 5.41) is 10.4. The Morgan fingerprint density at radius 3 is 3.00 bits per heavy atom. The molecule has 14 heteroatoms. The van der Waals surface area contributed by atoms with Crippen LogP contribution in [0.5, 0.6) is 0 Å². The van der Waals surface area contributed by atoms with Gasteiger partial charge in [0.2, 0.25) is 5.28 Å². The van der Waals surface area contributed by atoms with Gasteiger partial charge in [-0.3, -0.25) is 9.13 Å². The number of ether oxygens (including phenoxy) is 1. The fourth-order valence-corrected chi connectivity index (χ4v) is 3.88. The van der Waals surface area contributed by atoms with Crippen molar-refractivity contribution >= 4 is 36.4 Å². The van der Waals surface area contributed by atoms with Crippen molar-refractivity contribution in [3.63, 3.8) is 0 Å². The summed E-state index contributed by atoms with van der Waals surface area (Å²) >= 11 is 6.09. The van der Waals surface area contributed by atoms with Crippen LogP contribution >= 0.6 is 19.4 Å². The Balaban J connectivity index is 0.00000169. The van der Waals surface area contributed by atoms with Crippen LogP contribution < -0.4 is 40.2 Å². The molecule has 2 aromatic rings. The molecule has 4 rings (SSSR count). The van der Waals surface area contributed by atoms with Crippen LogP contribution in [0.2, 0.25) is 5.28 Å². The van der Waals surface area contributed by atoms with Crippen molar-refractivity contribution in [3.8, 4) is 0 Å². The number of aliphatic hydroxyl groups is 1. The van der Waals surface area contributed by atoms with E-state index in [0.29, 0.717) is 0 Å². The number of imidazole rings is 1. The van der Waals surface area contributed by atoms with Crippen LogP contribution in [-0.4, -0.2) is 49.5 Å². The van der Waals surface area contributed by atoms with Crippen LogP contribution in [0.25, 0.3) is 11.2 Å². The first kappa shape index (κ1) is 18.5. The minimum Gasteiger partial charge on any atom is -0.756 e. The van der Waals surface area contributed by atoms with Gasteiger partial charge in [-0.25, -0.2) is 15.0 Å². The summed E-state index contributed by atoms with van der Waals surface area (Å²) in [5.74, 6) is 0.115. The minimum atomic E-state index is -4.46. The van der Waals surface area contributed by atoms with Gasteiger partial charge >= 0.3 is 29.6 Å². The molecule has 5 atom stereocenters. The second-order valence-electron chi connectivity index (χ2n) is 5.05. The molecule has 4 heterocycles. The van der Waals surface area contributed by atoms with E-state index in [9.17, 15) is 14.6 Å². The molecule has 0 spiro atoms. The number of anilines is 1. The Hall–Kier alpha value is -0.330. The van der Waals surface area contributed by atoms with E-state index >= 15 is 0 Å². The van der Waals surface area contributed by atoms with Gasteiger partial charge in [-0.15, -0.1) is 0 Å². The van der Waals surface area contributed by atoms with Crippen molar-refractivity contribution < 1.29 is 57.9 Å². The smallest absolute Gasteiger partial charge is 0.756 e. The molecule has 0 bridgehead atoms. The number of hydrogen-bond donors (Lipinski definition) is 2. The molecule has 24 heavy (non-hydrogen) atoms. The zero-order valence-electron chi connectivity index (χ0n) is 12.3. The molecular weight excluding hydrogens is 376 g/mol. The van der Waals surface area contributed by atoms with Gasteiger partial charge in [0.1, 0.15) is 24.6 Å². The van der Waals surface area contributed by atoms with E-state index < -0.39 is 32.4 Å². The number of phosphoric ester groups is 1. The van der Waals surface area contributed by atoms with Crippen LogP contribution in [0.3, 0.4) is 0 Å². The quantitative estimate of drug-likeness (QED) is 0.283. The molecule has 3 N–H and O–H groups in total. The van der Waals surface area contributed by atoms with Crippen LogP contribution in [0.15, 0.2) is 6.33 Å². The number of fused-ring (bicyclic) bond motifs is 2. The zero-order chi connectivity index (χ0) is 16.4. The topological polar surface area (TPSA) is 158 Å². The summed E-state index contributed by atoms with van der Waals surface area (Å²) in [7, 11) is -4.46. The molecule has 5 unspecified atom stereocenters. The first-order valence-corrected chi connectivity index (χ1v) is 8.32. The summed E-state index contributed by atoms with van der Waals surface area (Å²) in [4.78, 5) is 23.3. The summed E-state index contributed by atoms with van der Waals surface area (Å²) in [6, 6.07) is 0. The van der Waals surface area contributed by atoms with Gasteiger partial charge in [0, 0.05) is 0 Å². The molecule has 124 valence electrons. The molecule has 2 fully saturated rings. The number of aromatic nitrogens is 4. The predicted octanol–water partition coefficient (Wildman–Crippen LogP) is -3.79. The number of rotatable bonds is 1. The van der Waals surface area contributed by atoms with Gasteiger partial charge < -0.3 is 29.5 Å². The SMILES string of the molecule is Nc1ncnc2c1nc(Cl)n2C1OC2COP(=O)([O-])OC2C1O.[Na+]. The Kier molecular flexibility index (Phi) is 4.95. The van der Waals surface area contributed by atoms with E-state index in [1.54, 1.807) is 0 Å². The number of nitrogens with two attached hydrogens (primary N) is 1. The van der Waals surface area contributed by atoms with Crippen LogP contribution in [0, 0.1) is 0 Å². The number of hydrogen-bond acceptors (Lipinski definition) is 10. The Labute approximate surface area is 162 Å². The summed E-state index contributed by atoms with van der Waals surface area (Å²) in [5.41, 5.74) is 6.20. The van der Waals surface area contributed by atoms with Gasteiger partial charge in [-0.1, -0.05) is 0 Å². The second kappa shape index (κ2) is 6.44. The summed E-state index contributed by atoms with van der Waals surface area (Å²) < 4.78 is 27.7. The maximum atomic E-state index is 11.4. The second-order valence-corrected chi connectivity index (χ2v) is 6.75. The maximum Gasteiger partial charge on any atom is 1.00 e. The number of phosphoric acid groups is 1. The largest absolute Gasteiger partial charge is 1.00 e. The number of aliphatic hydroxyl groups excluding tert-OH is 1. The van der Waals surface area contributed by atoms with Crippen LogP contribution in [0.1, 0.15) is 6.23 Å². The van der Waals surface area contributed by atoms with Crippen molar-refractivity contribution in [1.82, 2.24) is 19.5 Å². The van der Waals surface area contributed by atoms with Crippen molar-refractivity contribution in [3.05, 3.63) is 11.6 Å². The van der Waals surface area contributed by atoms with E-state index in [-0.39, 0.29) is 58.4 Å². The van der Waals surface area contributed by atoms with Crippen LogP contribution in [-0.2, 0) is 18.3 Å². The molecule has 0 aliphatic carbocycles. The van der Waals surface area contributed by atoms with Crippen LogP contribution in [0.4, 0.5) is 5.82 Å². The van der Waals surface area contributed by atoms with Gasteiger partial charge in [0.05, 0.1) is 6.61 Å². The molecule has 0 radical (unpaired) electrons. The molecule has 0 amide bonds. The molecule has 2 aromatic heterocycles. The number of nitrogen functional groups attached to an aromatic ring is 1. The molecule has 2 aliphatic heterocycles. The predicted molar refractivity (Wildman–Crippen MR) is 73.1 cm³/mol. The van der Waals surface area contributed by atoms with Crippen molar-refractivity contribution in [2.45, 2.75) is 24.5 Å². The molecule has 2 saturated heterocycles. The summed E-state index contributed by atoms with van der Waals surface area (Å²) in [6.07, 6.45) is -3.05. The molecule has 0 aromatic carbocycles. The summed E-state index contributed by atoms with van der Waals surface area (Å²) in [6.45, 7) is -0.264. The normalized spacial score (nSPS) is 35.6. The molecule has 0 saturated carbocycles. The Bertz CT molecular complexity index is 837. The van der Waals surface area contributed by atoms with Crippen molar-refractivity contribution in [1.29, 1.82) is 0 Å². The molecule has 11 nitrogen and oxygen atoms in total. The Morgan fingerprint density at radius 1 is 1.50 bits per heavy atom. The number of nitrogens with zero attached hydrogens (tertiary/aromatic N) is 4. The average molecular weight is 386 g/mol. The standard InChI is InChI=1S/C10H11ClN5O6P.Na/c11-10-15-4-7(12)13-2-14-8(4)16(10)9-5(17)6-3(21-9)1-20-23(18,19)22-6;/h2-3,5-6,9,17H,1H2,(H,18,19)(H2,12,13,14);/q;+1/p-1. The molecule has 2 aliphatic rings. The van der Waals surface area contributed by atoms with Gasteiger partial charge in [0.15, 0.2) is 23.2 Å². The van der Waals surface area contributed by atoms with E-state index in [1.807, 2.05) is 0 Å². The number of halogens is 1. The Morgan fingerprint density at radius 2 is 2.25 bits per heavy atom. The van der Waals surface area contributed by atoms with Crippen molar-refractivity contribution in [2.75, 3.05) is 12.3 Å². The van der Waals surface area contributed by atoms with E-state index in [2.05, 4.69) is 19.5 Å². The maximum absolute atomic E-state index is 11.4. The van der Waals surface area contributed by atoms with E-state index in [1.165, 1.54) is 10.9 Å². The molecular formula is C10H10ClN5NaO6P. The average Bonchev–Trinajstić information content (AvgIpc) is 2.97. The van der Waals surface area contributed by atoms with E-state index in [0.717, 1.165) is 0 Å². The monoisotopic (exact) mass is 385 g/mol. The third-order valence-electron chi connectivity index (χ3n) is 3.67. The first-order chi connectivity index (χ1) is 10.9.